The third-order valence-electron chi connectivity index (χ3n) is 8.83. The first kappa shape index (κ1) is 28.0. The molecule has 0 bridgehead atoms. The first-order valence-corrected chi connectivity index (χ1v) is 14.7. The molecule has 8 heteroatoms. The fourth-order valence-electron chi connectivity index (χ4n) is 6.13. The van der Waals surface area contributed by atoms with Gasteiger partial charge in [-0.3, -0.25) is 9.78 Å². The number of para-hydroxylation sites is 1. The minimum atomic E-state index is -1.23. The number of hydrogen-bond acceptors (Lipinski definition) is 7. The molecule has 0 radical (unpaired) electrons. The van der Waals surface area contributed by atoms with Crippen molar-refractivity contribution in [3.8, 4) is 0 Å². The van der Waals surface area contributed by atoms with Gasteiger partial charge in [-0.05, 0) is 76.3 Å². The first-order chi connectivity index (χ1) is 18.9. The van der Waals surface area contributed by atoms with Crippen LogP contribution in [0.1, 0.15) is 57.2 Å². The molecule has 1 N–H and O–H groups in total. The summed E-state index contributed by atoms with van der Waals surface area (Å²) in [7, 11) is 2.17. The third-order valence-corrected chi connectivity index (χ3v) is 8.83. The number of ether oxygens (including phenoxy) is 2. The van der Waals surface area contributed by atoms with Gasteiger partial charge in [0.05, 0.1) is 23.7 Å². The number of carbonyl (C=O) groups is 1. The molecular weight excluding hydrogens is 492 g/mol. The molecule has 3 aliphatic heterocycles. The van der Waals surface area contributed by atoms with E-state index in [1.807, 2.05) is 30.9 Å². The van der Waals surface area contributed by atoms with Crippen molar-refractivity contribution in [1.82, 2.24) is 9.88 Å². The van der Waals surface area contributed by atoms with Crippen molar-refractivity contribution >= 4 is 17.3 Å². The standard InChI is InChI=1S/C31H44N4O4/c1-4-31(37,23(2)39-29-11-7-8-20-38-29)28-13-12-26(22-32-28)35-15-14-25(30(35)36)21-24-9-5-6-10-27(24)34-18-16-33(3)17-19-34/h5-6,9-10,12-13,22-23,25,29,37H,4,7-8,11,14-21H2,1-3H3/t23-,25-,29?,31?/m0/s1. The molecule has 4 atom stereocenters. The van der Waals surface area contributed by atoms with E-state index in [0.29, 0.717) is 25.3 Å². The van der Waals surface area contributed by atoms with Crippen LogP contribution in [0.3, 0.4) is 0 Å². The number of piperazine rings is 1. The molecule has 0 saturated carbocycles. The van der Waals surface area contributed by atoms with Gasteiger partial charge < -0.3 is 29.3 Å². The molecule has 0 aliphatic carbocycles. The molecule has 212 valence electrons. The van der Waals surface area contributed by atoms with Gasteiger partial charge in [0.15, 0.2) is 6.29 Å². The molecule has 5 rings (SSSR count). The highest BCUT2D eigenvalue weighted by atomic mass is 16.7. The predicted octanol–water partition coefficient (Wildman–Crippen LogP) is 3.96. The van der Waals surface area contributed by atoms with Crippen molar-refractivity contribution in [3.05, 3.63) is 53.9 Å². The summed E-state index contributed by atoms with van der Waals surface area (Å²) in [5.74, 6) is 0.101. The van der Waals surface area contributed by atoms with Gasteiger partial charge in [-0.2, -0.15) is 0 Å². The lowest BCUT2D eigenvalue weighted by Crippen LogP contribution is -2.44. The predicted molar refractivity (Wildman–Crippen MR) is 153 cm³/mol. The maximum Gasteiger partial charge on any atom is 0.230 e. The number of anilines is 2. The zero-order chi connectivity index (χ0) is 27.4. The summed E-state index contributed by atoms with van der Waals surface area (Å²) in [6.45, 7) is 9.32. The summed E-state index contributed by atoms with van der Waals surface area (Å²) in [4.78, 5) is 24.8. The van der Waals surface area contributed by atoms with Crippen molar-refractivity contribution < 1.29 is 19.4 Å². The fraction of sp³-hybridized carbons (Fsp3) is 0.613. The second-order valence-electron chi connectivity index (χ2n) is 11.4. The summed E-state index contributed by atoms with van der Waals surface area (Å²) in [5.41, 5.74) is 2.61. The topological polar surface area (TPSA) is 78.4 Å². The molecule has 3 aliphatic rings. The number of likely N-dealkylation sites (N-methyl/N-ethyl adjacent to an activating group) is 1. The summed E-state index contributed by atoms with van der Waals surface area (Å²) in [6, 6.07) is 12.3. The molecule has 1 aromatic heterocycles. The van der Waals surface area contributed by atoms with Gasteiger partial charge in [0.25, 0.3) is 0 Å². The van der Waals surface area contributed by atoms with E-state index < -0.39 is 11.7 Å². The zero-order valence-corrected chi connectivity index (χ0v) is 23.7. The van der Waals surface area contributed by atoms with Crippen molar-refractivity contribution in [2.24, 2.45) is 5.92 Å². The lowest BCUT2D eigenvalue weighted by Gasteiger charge is -2.36. The second kappa shape index (κ2) is 12.3. The number of hydrogen-bond donors (Lipinski definition) is 1. The van der Waals surface area contributed by atoms with Gasteiger partial charge in [-0.15, -0.1) is 0 Å². The van der Waals surface area contributed by atoms with Crippen LogP contribution in [-0.4, -0.2) is 79.7 Å². The average molecular weight is 537 g/mol. The SMILES string of the molecule is CCC(O)(c1ccc(N2CC[C@@H](Cc3ccccc3N3CCN(C)CC3)C2=O)cn1)[C@H](C)OC1CCCCO1. The van der Waals surface area contributed by atoms with Crippen LogP contribution in [0.2, 0.25) is 0 Å². The van der Waals surface area contributed by atoms with E-state index in [1.54, 1.807) is 6.20 Å². The molecule has 1 aromatic carbocycles. The maximum absolute atomic E-state index is 13.5. The highest BCUT2D eigenvalue weighted by Crippen LogP contribution is 2.34. The average Bonchev–Trinajstić information content (AvgIpc) is 3.33. The Bertz CT molecular complexity index is 1100. The van der Waals surface area contributed by atoms with Crippen LogP contribution in [0.5, 0.6) is 0 Å². The van der Waals surface area contributed by atoms with Gasteiger partial charge >= 0.3 is 0 Å². The molecular formula is C31H44N4O4. The number of carbonyl (C=O) groups excluding carboxylic acids is 1. The Balaban J connectivity index is 1.24. The van der Waals surface area contributed by atoms with Crippen molar-refractivity contribution in [3.63, 3.8) is 0 Å². The van der Waals surface area contributed by atoms with Gasteiger partial charge in [0.1, 0.15) is 5.60 Å². The smallest absolute Gasteiger partial charge is 0.230 e. The number of rotatable bonds is 9. The highest BCUT2D eigenvalue weighted by molar-refractivity contribution is 5.97. The Kier molecular flexibility index (Phi) is 8.86. The van der Waals surface area contributed by atoms with Crippen LogP contribution in [0.15, 0.2) is 42.6 Å². The van der Waals surface area contributed by atoms with Crippen LogP contribution in [-0.2, 0) is 26.3 Å². The van der Waals surface area contributed by atoms with E-state index in [4.69, 9.17) is 9.47 Å². The molecule has 0 spiro atoms. The Morgan fingerprint density at radius 2 is 1.90 bits per heavy atom. The lowest BCUT2D eigenvalue weighted by atomic mass is 9.90. The lowest BCUT2D eigenvalue weighted by molar-refractivity contribution is -0.227. The molecule has 3 fully saturated rings. The third kappa shape index (κ3) is 6.14. The van der Waals surface area contributed by atoms with Crippen LogP contribution < -0.4 is 9.80 Å². The van der Waals surface area contributed by atoms with E-state index in [0.717, 1.165) is 64.0 Å². The second-order valence-corrected chi connectivity index (χ2v) is 11.4. The van der Waals surface area contributed by atoms with Gasteiger partial charge in [0, 0.05) is 50.9 Å². The Hall–Kier alpha value is -2.52. The monoisotopic (exact) mass is 536 g/mol. The summed E-state index contributed by atoms with van der Waals surface area (Å²) in [6.07, 6.45) is 5.96. The minimum Gasteiger partial charge on any atom is -0.381 e. The summed E-state index contributed by atoms with van der Waals surface area (Å²) < 4.78 is 11.8. The molecule has 4 heterocycles. The molecule has 2 unspecified atom stereocenters. The van der Waals surface area contributed by atoms with Crippen LogP contribution in [0.25, 0.3) is 0 Å². The van der Waals surface area contributed by atoms with E-state index in [-0.39, 0.29) is 18.1 Å². The summed E-state index contributed by atoms with van der Waals surface area (Å²) in [5, 5.41) is 11.5. The number of pyridine rings is 1. The Morgan fingerprint density at radius 3 is 2.59 bits per heavy atom. The van der Waals surface area contributed by atoms with E-state index in [9.17, 15) is 9.90 Å². The molecule has 1 amide bonds. The number of amides is 1. The van der Waals surface area contributed by atoms with Crippen LogP contribution in [0.4, 0.5) is 11.4 Å². The fourth-order valence-corrected chi connectivity index (χ4v) is 6.13. The number of aliphatic hydroxyl groups is 1. The summed E-state index contributed by atoms with van der Waals surface area (Å²) >= 11 is 0. The van der Waals surface area contributed by atoms with Crippen molar-refractivity contribution in [2.75, 3.05) is 56.2 Å². The highest BCUT2D eigenvalue weighted by Gasteiger charge is 2.39. The van der Waals surface area contributed by atoms with Gasteiger partial charge in [-0.25, -0.2) is 0 Å². The normalized spacial score (nSPS) is 25.1. The van der Waals surface area contributed by atoms with Crippen LogP contribution in [0, 0.1) is 5.92 Å². The Morgan fingerprint density at radius 1 is 1.10 bits per heavy atom. The molecule has 3 saturated heterocycles. The number of aromatic nitrogens is 1. The number of nitrogens with zero attached hydrogens (tertiary/aromatic N) is 4. The van der Waals surface area contributed by atoms with Crippen molar-refractivity contribution in [1.29, 1.82) is 0 Å². The van der Waals surface area contributed by atoms with E-state index in [2.05, 4.69) is 46.1 Å². The molecule has 2 aromatic rings. The number of benzene rings is 1. The van der Waals surface area contributed by atoms with E-state index in [1.165, 1.54) is 11.3 Å². The minimum absolute atomic E-state index is 0.0465. The largest absolute Gasteiger partial charge is 0.381 e. The van der Waals surface area contributed by atoms with Gasteiger partial charge in [0.2, 0.25) is 5.91 Å². The van der Waals surface area contributed by atoms with Crippen molar-refractivity contribution in [2.45, 2.75) is 70.4 Å². The van der Waals surface area contributed by atoms with Crippen LogP contribution >= 0.6 is 0 Å². The molecule has 8 nitrogen and oxygen atoms in total. The quantitative estimate of drug-likeness (QED) is 0.520. The molecule has 39 heavy (non-hydrogen) atoms. The Labute approximate surface area is 232 Å². The zero-order valence-electron chi connectivity index (χ0n) is 23.7. The van der Waals surface area contributed by atoms with Gasteiger partial charge in [-0.1, -0.05) is 25.1 Å². The van der Waals surface area contributed by atoms with E-state index >= 15 is 0 Å². The first-order valence-electron chi connectivity index (χ1n) is 14.7. The maximum atomic E-state index is 13.5.